The molecule has 2 aliphatic rings. The Balaban J connectivity index is 2.02. The van der Waals surface area contributed by atoms with Crippen LogP contribution in [0.5, 0.6) is 0 Å². The van der Waals surface area contributed by atoms with Gasteiger partial charge in [0.2, 0.25) is 5.78 Å². The normalized spacial score (nSPS) is 20.0. The van der Waals surface area contributed by atoms with Gasteiger partial charge in [0.1, 0.15) is 0 Å². The van der Waals surface area contributed by atoms with Gasteiger partial charge in [0, 0.05) is 23.6 Å². The second kappa shape index (κ2) is 7.55. The van der Waals surface area contributed by atoms with Crippen molar-refractivity contribution in [2.45, 2.75) is 0 Å². The minimum atomic E-state index is -0.524. The molecule has 126 valence electrons. The van der Waals surface area contributed by atoms with Gasteiger partial charge in [0.25, 0.3) is 0 Å². The number of Topliss-reactive ketones (excluding diaryl/α,β-unsaturated/α-hetero) is 1. The van der Waals surface area contributed by atoms with Crippen LogP contribution in [-0.2, 0) is 19.1 Å². The molecular formula is C17H16BrNO4S. The van der Waals surface area contributed by atoms with E-state index in [1.54, 1.807) is 0 Å². The zero-order valence-corrected chi connectivity index (χ0v) is 15.5. The molecule has 1 saturated heterocycles. The van der Waals surface area contributed by atoms with Gasteiger partial charge >= 0.3 is 5.97 Å². The monoisotopic (exact) mass is 409 g/mol. The van der Waals surface area contributed by atoms with Gasteiger partial charge in [-0.25, -0.2) is 4.79 Å². The van der Waals surface area contributed by atoms with Crippen LogP contribution in [0.2, 0.25) is 0 Å². The molecule has 24 heavy (non-hydrogen) atoms. The summed E-state index contributed by atoms with van der Waals surface area (Å²) in [5.74, 6) is -0.668. The zero-order chi connectivity index (χ0) is 17.1. The Labute approximate surface area is 152 Å². The van der Waals surface area contributed by atoms with Crippen LogP contribution in [0.4, 0.5) is 0 Å². The molecule has 0 radical (unpaired) electrons. The smallest absolute Gasteiger partial charge is 0.331 e. The molecule has 1 aromatic rings. The first-order valence-corrected chi connectivity index (χ1v) is 9.06. The van der Waals surface area contributed by atoms with Crippen LogP contribution in [0.15, 0.2) is 44.7 Å². The molecule has 2 aliphatic heterocycles. The summed E-state index contributed by atoms with van der Waals surface area (Å²) >= 11 is 4.73. The lowest BCUT2D eigenvalue weighted by Crippen LogP contribution is -2.34. The molecule has 0 atom stereocenters. The Morgan fingerprint density at radius 3 is 2.58 bits per heavy atom. The summed E-state index contributed by atoms with van der Waals surface area (Å²) in [7, 11) is 1.30. The van der Waals surface area contributed by atoms with E-state index in [0.717, 1.165) is 28.2 Å². The van der Waals surface area contributed by atoms with Crippen LogP contribution in [-0.4, -0.2) is 50.1 Å². The predicted octanol–water partition coefficient (Wildman–Crippen LogP) is 2.82. The minimum absolute atomic E-state index is 0.144. The first kappa shape index (κ1) is 17.3. The van der Waals surface area contributed by atoms with Crippen molar-refractivity contribution in [2.24, 2.45) is 0 Å². The van der Waals surface area contributed by atoms with E-state index in [9.17, 15) is 9.59 Å². The number of allylic oxidation sites excluding steroid dienone is 2. The maximum absolute atomic E-state index is 12.9. The molecule has 7 heteroatoms. The Hall–Kier alpha value is -1.57. The number of ketones is 1. The first-order chi connectivity index (χ1) is 11.6. The summed E-state index contributed by atoms with van der Waals surface area (Å²) in [6.45, 7) is 2.70. The lowest BCUT2D eigenvalue weighted by Gasteiger charge is -2.29. The Kier molecular flexibility index (Phi) is 5.43. The number of benzene rings is 1. The molecule has 3 rings (SSSR count). The Morgan fingerprint density at radius 2 is 1.96 bits per heavy atom. The van der Waals surface area contributed by atoms with E-state index in [1.807, 2.05) is 24.3 Å². The molecule has 1 aromatic carbocycles. The fraction of sp³-hybridized carbons (Fsp3) is 0.294. The van der Waals surface area contributed by atoms with Crippen molar-refractivity contribution in [1.82, 2.24) is 4.90 Å². The van der Waals surface area contributed by atoms with E-state index in [4.69, 9.17) is 4.74 Å². The van der Waals surface area contributed by atoms with Gasteiger partial charge in [-0.1, -0.05) is 39.8 Å². The van der Waals surface area contributed by atoms with E-state index < -0.39 is 5.97 Å². The largest absolute Gasteiger partial charge is 0.466 e. The number of morpholine rings is 1. The van der Waals surface area contributed by atoms with Crippen LogP contribution in [0.3, 0.4) is 0 Å². The van der Waals surface area contributed by atoms with Crippen molar-refractivity contribution >= 4 is 45.0 Å². The fourth-order valence-electron chi connectivity index (χ4n) is 2.54. The number of rotatable bonds is 3. The van der Waals surface area contributed by atoms with Gasteiger partial charge < -0.3 is 14.4 Å². The summed E-state index contributed by atoms with van der Waals surface area (Å²) in [5.41, 5.74) is 1.47. The zero-order valence-electron chi connectivity index (χ0n) is 13.1. The van der Waals surface area contributed by atoms with Gasteiger partial charge in [-0.3, -0.25) is 4.79 Å². The van der Waals surface area contributed by atoms with Gasteiger partial charge in [-0.15, -0.1) is 0 Å². The Bertz CT molecular complexity index is 721. The number of nitrogens with zero attached hydrogens (tertiary/aromatic N) is 1. The molecule has 1 fully saturated rings. The number of carbonyl (C=O) groups is 2. The molecular weight excluding hydrogens is 394 g/mol. The Morgan fingerprint density at radius 1 is 1.29 bits per heavy atom. The van der Waals surface area contributed by atoms with Crippen molar-refractivity contribution in [1.29, 1.82) is 0 Å². The third-order valence-corrected chi connectivity index (χ3v) is 5.46. The number of esters is 1. The van der Waals surface area contributed by atoms with Gasteiger partial charge in [-0.05, 0) is 17.7 Å². The highest BCUT2D eigenvalue weighted by molar-refractivity contribution is 9.10. The highest BCUT2D eigenvalue weighted by atomic mass is 79.9. The van der Waals surface area contributed by atoms with Crippen molar-refractivity contribution < 1.29 is 19.1 Å². The van der Waals surface area contributed by atoms with Crippen LogP contribution in [0, 0.1) is 0 Å². The number of hydrogen-bond donors (Lipinski definition) is 0. The van der Waals surface area contributed by atoms with Crippen LogP contribution >= 0.6 is 27.7 Å². The van der Waals surface area contributed by atoms with Crippen LogP contribution < -0.4 is 0 Å². The lowest BCUT2D eigenvalue weighted by atomic mass is 10.0. The highest BCUT2D eigenvalue weighted by Crippen LogP contribution is 2.44. The molecule has 0 aromatic heterocycles. The van der Waals surface area contributed by atoms with E-state index in [-0.39, 0.29) is 5.78 Å². The standard InChI is InChI=1S/C17H16BrNO4S/c1-22-14(20)10-13-16(21)15(11-2-4-12(18)5-3-11)17(24-13)19-6-8-23-9-7-19/h2-5,10H,6-9H2,1H3. The molecule has 0 aliphatic carbocycles. The third-order valence-electron chi connectivity index (χ3n) is 3.75. The van der Waals surface area contributed by atoms with Crippen molar-refractivity contribution in [2.75, 3.05) is 33.4 Å². The molecule has 5 nitrogen and oxygen atoms in total. The highest BCUT2D eigenvalue weighted by Gasteiger charge is 2.34. The molecule has 0 N–H and O–H groups in total. The number of methoxy groups -OCH3 is 1. The summed E-state index contributed by atoms with van der Waals surface area (Å²) in [5, 5.41) is 0.876. The average molecular weight is 410 g/mol. The summed E-state index contributed by atoms with van der Waals surface area (Å²) in [6.07, 6.45) is 1.26. The SMILES string of the molecule is COC(=O)C=C1SC(N2CCOCC2)=C(c2ccc(Br)cc2)C1=O. The summed E-state index contributed by atoms with van der Waals surface area (Å²) in [6, 6.07) is 7.61. The second-order valence-electron chi connectivity index (χ2n) is 5.25. The maximum atomic E-state index is 12.9. The summed E-state index contributed by atoms with van der Waals surface area (Å²) < 4.78 is 11.0. The summed E-state index contributed by atoms with van der Waals surface area (Å²) in [4.78, 5) is 27.0. The average Bonchev–Trinajstić information content (AvgIpc) is 2.93. The lowest BCUT2D eigenvalue weighted by molar-refractivity contribution is -0.135. The first-order valence-electron chi connectivity index (χ1n) is 7.45. The molecule has 0 amide bonds. The fourth-order valence-corrected chi connectivity index (χ4v) is 3.99. The topological polar surface area (TPSA) is 55.8 Å². The number of thioether (sulfide) groups is 1. The molecule has 0 bridgehead atoms. The second-order valence-corrected chi connectivity index (χ2v) is 7.20. The molecule has 0 unspecified atom stereocenters. The van der Waals surface area contributed by atoms with Crippen molar-refractivity contribution in [3.05, 3.63) is 50.3 Å². The third kappa shape index (κ3) is 3.58. The molecule has 2 heterocycles. The number of halogens is 1. The van der Waals surface area contributed by atoms with E-state index in [0.29, 0.717) is 23.7 Å². The van der Waals surface area contributed by atoms with Crippen LogP contribution in [0.1, 0.15) is 5.56 Å². The van der Waals surface area contributed by atoms with Gasteiger partial charge in [0.05, 0.1) is 35.8 Å². The number of carbonyl (C=O) groups excluding carboxylic acids is 2. The van der Waals surface area contributed by atoms with Gasteiger partial charge in [-0.2, -0.15) is 0 Å². The number of hydrogen-bond acceptors (Lipinski definition) is 6. The van der Waals surface area contributed by atoms with E-state index in [2.05, 4.69) is 25.6 Å². The van der Waals surface area contributed by atoms with Crippen molar-refractivity contribution in [3.8, 4) is 0 Å². The quantitative estimate of drug-likeness (QED) is 0.565. The van der Waals surface area contributed by atoms with E-state index in [1.165, 1.54) is 24.9 Å². The van der Waals surface area contributed by atoms with Crippen molar-refractivity contribution in [3.63, 3.8) is 0 Å². The van der Waals surface area contributed by atoms with E-state index >= 15 is 0 Å². The number of ether oxygens (including phenoxy) is 2. The van der Waals surface area contributed by atoms with Gasteiger partial charge in [0.15, 0.2) is 0 Å². The molecule has 0 saturated carbocycles. The maximum Gasteiger partial charge on any atom is 0.331 e. The minimum Gasteiger partial charge on any atom is -0.466 e. The molecule has 0 spiro atoms. The predicted molar refractivity (Wildman–Crippen MR) is 96.2 cm³/mol. The van der Waals surface area contributed by atoms with Crippen LogP contribution in [0.25, 0.3) is 5.57 Å².